The number of ether oxygens (including phenoxy) is 4. The number of nitriles is 1. The lowest BCUT2D eigenvalue weighted by Gasteiger charge is -2.07. The molecule has 0 amide bonds. The zero-order chi connectivity index (χ0) is 21.8. The molecule has 0 spiro atoms. The number of hydrogen-bond acceptors (Lipinski definition) is 8. The van der Waals surface area contributed by atoms with Crippen molar-refractivity contribution in [2.75, 3.05) is 13.2 Å². The molecule has 2 rings (SSSR count). The summed E-state index contributed by atoms with van der Waals surface area (Å²) in [5, 5.41) is 8.76. The van der Waals surface area contributed by atoms with Gasteiger partial charge in [0.25, 0.3) is 0 Å². The molecule has 2 aromatic carbocycles. The van der Waals surface area contributed by atoms with Gasteiger partial charge in [-0.1, -0.05) is 6.58 Å². The molecule has 0 aliphatic heterocycles. The lowest BCUT2D eigenvalue weighted by Crippen LogP contribution is -2.12. The number of hydrogen-bond donors (Lipinski definition) is 0. The Morgan fingerprint density at radius 2 is 1.43 bits per heavy atom. The molecule has 0 aromatic heterocycles. The maximum absolute atomic E-state index is 12.1. The van der Waals surface area contributed by atoms with Gasteiger partial charge in [-0.3, -0.25) is 0 Å². The first kappa shape index (κ1) is 22.2. The van der Waals surface area contributed by atoms with Gasteiger partial charge in [-0.15, -0.1) is 0 Å². The molecule has 0 aliphatic rings. The fourth-order valence-electron chi connectivity index (χ4n) is 2.14. The van der Waals surface area contributed by atoms with Gasteiger partial charge in [0.15, 0.2) is 0 Å². The number of rotatable bonds is 9. The van der Waals surface area contributed by atoms with E-state index in [4.69, 9.17) is 24.2 Å². The van der Waals surface area contributed by atoms with E-state index < -0.39 is 18.1 Å². The van der Waals surface area contributed by atoms with Crippen LogP contribution < -0.4 is 9.47 Å². The maximum atomic E-state index is 12.1. The van der Waals surface area contributed by atoms with Crippen LogP contribution in [-0.2, 0) is 14.3 Å². The maximum Gasteiger partial charge on any atom is 0.513 e. The van der Waals surface area contributed by atoms with Crippen LogP contribution in [-0.4, -0.2) is 31.3 Å². The molecule has 8 heteroatoms. The average Bonchev–Trinajstić information content (AvgIpc) is 2.76. The summed E-state index contributed by atoms with van der Waals surface area (Å²) in [6, 6.07) is 13.9. The minimum absolute atomic E-state index is 0.111. The van der Waals surface area contributed by atoms with Crippen molar-refractivity contribution in [3.63, 3.8) is 0 Å². The summed E-state index contributed by atoms with van der Waals surface area (Å²) in [5.41, 5.74) is 0.716. The van der Waals surface area contributed by atoms with Crippen LogP contribution >= 0.6 is 0 Å². The van der Waals surface area contributed by atoms with Gasteiger partial charge in [0.1, 0.15) is 11.5 Å². The van der Waals surface area contributed by atoms with Gasteiger partial charge in [-0.2, -0.15) is 5.26 Å². The van der Waals surface area contributed by atoms with Gasteiger partial charge in [0, 0.05) is 6.08 Å². The third-order valence-corrected chi connectivity index (χ3v) is 3.65. The molecule has 0 N–H and O–H groups in total. The second kappa shape index (κ2) is 11.7. The standard InChI is InChI=1S/C22H19NO7/c1-2-20(24)27-13-3-4-14-28-22(26)30-19-11-7-17(8-12-19)21(25)29-18-9-5-16(15-23)6-10-18/h2,5-12H,1,3-4,13-14H2. The van der Waals surface area contributed by atoms with Crippen molar-refractivity contribution >= 4 is 18.1 Å². The smallest absolute Gasteiger partial charge is 0.463 e. The van der Waals surface area contributed by atoms with Crippen molar-refractivity contribution in [3.8, 4) is 17.6 Å². The van der Waals surface area contributed by atoms with Gasteiger partial charge < -0.3 is 18.9 Å². The van der Waals surface area contributed by atoms with Crippen molar-refractivity contribution in [1.82, 2.24) is 0 Å². The van der Waals surface area contributed by atoms with E-state index in [9.17, 15) is 14.4 Å². The summed E-state index contributed by atoms with van der Waals surface area (Å²) in [4.78, 5) is 34.6. The van der Waals surface area contributed by atoms with Crippen LogP contribution in [0.15, 0.2) is 61.2 Å². The zero-order valence-electron chi connectivity index (χ0n) is 16.0. The molecule has 0 atom stereocenters. The highest BCUT2D eigenvalue weighted by Crippen LogP contribution is 2.17. The summed E-state index contributed by atoms with van der Waals surface area (Å²) < 4.78 is 19.9. The van der Waals surface area contributed by atoms with E-state index in [0.717, 1.165) is 6.08 Å². The first-order valence-electron chi connectivity index (χ1n) is 8.98. The van der Waals surface area contributed by atoms with E-state index in [2.05, 4.69) is 6.58 Å². The van der Waals surface area contributed by atoms with Crippen molar-refractivity contribution in [2.45, 2.75) is 12.8 Å². The number of nitrogens with zero attached hydrogens (tertiary/aromatic N) is 1. The van der Waals surface area contributed by atoms with Gasteiger partial charge in [0.05, 0.1) is 30.4 Å². The summed E-state index contributed by atoms with van der Waals surface area (Å²) in [5.74, 6) is -0.581. The number of carbonyl (C=O) groups is 3. The predicted molar refractivity (Wildman–Crippen MR) is 105 cm³/mol. The molecular formula is C22H19NO7. The number of unbranched alkanes of at least 4 members (excludes halogenated alkanes) is 1. The van der Waals surface area contributed by atoms with E-state index in [1.807, 2.05) is 6.07 Å². The Balaban J connectivity index is 1.73. The predicted octanol–water partition coefficient (Wildman–Crippen LogP) is 3.80. The van der Waals surface area contributed by atoms with Crippen LogP contribution in [0.2, 0.25) is 0 Å². The third-order valence-electron chi connectivity index (χ3n) is 3.65. The van der Waals surface area contributed by atoms with E-state index in [1.165, 1.54) is 36.4 Å². The molecule has 0 heterocycles. The van der Waals surface area contributed by atoms with Gasteiger partial charge in [-0.05, 0) is 61.4 Å². The molecule has 8 nitrogen and oxygen atoms in total. The summed E-state index contributed by atoms with van der Waals surface area (Å²) in [6.45, 7) is 3.60. The molecular weight excluding hydrogens is 390 g/mol. The van der Waals surface area contributed by atoms with Crippen LogP contribution in [0.4, 0.5) is 4.79 Å². The Hall–Kier alpha value is -4.12. The lowest BCUT2D eigenvalue weighted by atomic mass is 10.2. The summed E-state index contributed by atoms with van der Waals surface area (Å²) in [7, 11) is 0. The SMILES string of the molecule is C=CC(=O)OCCCCOC(=O)Oc1ccc(C(=O)Oc2ccc(C#N)cc2)cc1. The molecule has 0 saturated carbocycles. The molecule has 0 aliphatic carbocycles. The minimum atomic E-state index is -0.883. The fourth-order valence-corrected chi connectivity index (χ4v) is 2.14. The highest BCUT2D eigenvalue weighted by Gasteiger charge is 2.11. The Labute approximate surface area is 173 Å². The molecule has 0 saturated heterocycles. The number of benzene rings is 2. The Morgan fingerprint density at radius 3 is 2.03 bits per heavy atom. The van der Waals surface area contributed by atoms with Crippen LogP contribution in [0.5, 0.6) is 11.5 Å². The summed E-state index contributed by atoms with van der Waals surface area (Å²) in [6.07, 6.45) is 1.22. The van der Waals surface area contributed by atoms with Crippen molar-refractivity contribution in [1.29, 1.82) is 5.26 Å². The second-order valence-corrected chi connectivity index (χ2v) is 5.83. The first-order chi connectivity index (χ1) is 14.5. The zero-order valence-corrected chi connectivity index (χ0v) is 16.0. The summed E-state index contributed by atoms with van der Waals surface area (Å²) >= 11 is 0. The molecule has 0 bridgehead atoms. The minimum Gasteiger partial charge on any atom is -0.463 e. The third kappa shape index (κ3) is 7.48. The van der Waals surface area contributed by atoms with Crippen LogP contribution in [0, 0.1) is 11.3 Å². The number of esters is 2. The molecule has 0 radical (unpaired) electrons. The van der Waals surface area contributed by atoms with Crippen LogP contribution in [0.25, 0.3) is 0 Å². The highest BCUT2D eigenvalue weighted by atomic mass is 16.7. The molecule has 154 valence electrons. The quantitative estimate of drug-likeness (QED) is 0.202. The van der Waals surface area contributed by atoms with Crippen molar-refractivity contribution in [3.05, 3.63) is 72.3 Å². The fraction of sp³-hybridized carbons (Fsp3) is 0.182. The lowest BCUT2D eigenvalue weighted by molar-refractivity contribution is -0.137. The molecule has 30 heavy (non-hydrogen) atoms. The largest absolute Gasteiger partial charge is 0.513 e. The van der Waals surface area contributed by atoms with Crippen LogP contribution in [0.1, 0.15) is 28.8 Å². The molecule has 0 fully saturated rings. The number of carbonyl (C=O) groups excluding carboxylic acids is 3. The Bertz CT molecular complexity index is 927. The second-order valence-electron chi connectivity index (χ2n) is 5.83. The van der Waals surface area contributed by atoms with Crippen LogP contribution in [0.3, 0.4) is 0 Å². The van der Waals surface area contributed by atoms with Gasteiger partial charge in [-0.25, -0.2) is 14.4 Å². The molecule has 2 aromatic rings. The monoisotopic (exact) mass is 409 g/mol. The highest BCUT2D eigenvalue weighted by molar-refractivity contribution is 5.91. The van der Waals surface area contributed by atoms with Crippen molar-refractivity contribution < 1.29 is 33.3 Å². The normalized spacial score (nSPS) is 9.70. The molecule has 0 unspecified atom stereocenters. The van der Waals surface area contributed by atoms with E-state index >= 15 is 0 Å². The van der Waals surface area contributed by atoms with E-state index in [0.29, 0.717) is 24.2 Å². The topological polar surface area (TPSA) is 112 Å². The van der Waals surface area contributed by atoms with Gasteiger partial charge in [0.2, 0.25) is 0 Å². The van der Waals surface area contributed by atoms with E-state index in [1.54, 1.807) is 12.1 Å². The Morgan fingerprint density at radius 1 is 0.867 bits per heavy atom. The Kier molecular flexibility index (Phi) is 8.62. The van der Waals surface area contributed by atoms with Crippen molar-refractivity contribution in [2.24, 2.45) is 0 Å². The van der Waals surface area contributed by atoms with Gasteiger partial charge >= 0.3 is 18.1 Å². The van der Waals surface area contributed by atoms with E-state index in [-0.39, 0.29) is 24.5 Å². The first-order valence-corrected chi connectivity index (χ1v) is 8.98. The average molecular weight is 409 g/mol.